The molecule has 9 heavy (non-hydrogen) atoms. The first kappa shape index (κ1) is 6.67. The van der Waals surface area contributed by atoms with Gasteiger partial charge in [0.2, 0.25) is 0 Å². The van der Waals surface area contributed by atoms with E-state index in [1.165, 1.54) is 0 Å². The normalized spacial score (nSPS) is 9.00. The van der Waals surface area contributed by atoms with Gasteiger partial charge in [0.05, 0.1) is 0 Å². The van der Waals surface area contributed by atoms with Gasteiger partial charge >= 0.3 is 0 Å². The molecule has 3 heteroatoms. The van der Waals surface area contributed by atoms with Crippen molar-refractivity contribution < 1.29 is 0 Å². The molecular formula is C6H4INO. The van der Waals surface area contributed by atoms with Crippen LogP contribution in [0.5, 0.6) is 0 Å². The summed E-state index contributed by atoms with van der Waals surface area (Å²) in [6, 6.07) is 7.20. The van der Waals surface area contributed by atoms with Crippen molar-refractivity contribution in [3.8, 4) is 0 Å². The van der Waals surface area contributed by atoms with Gasteiger partial charge in [-0.2, -0.15) is 0 Å². The van der Waals surface area contributed by atoms with Crippen LogP contribution in [0, 0.1) is 8.48 Å². The summed E-state index contributed by atoms with van der Waals surface area (Å²) in [6.45, 7) is 0. The Morgan fingerprint density at radius 2 is 2.00 bits per heavy atom. The lowest BCUT2D eigenvalue weighted by Gasteiger charge is -1.89. The number of hydrogen-bond donors (Lipinski definition) is 0. The highest BCUT2D eigenvalue weighted by atomic mass is 127. The zero-order valence-electron chi connectivity index (χ0n) is 4.54. The summed E-state index contributed by atoms with van der Waals surface area (Å²) >= 11 is 2.07. The third-order valence-electron chi connectivity index (χ3n) is 0.951. The number of nitroso groups, excluding NO2 is 1. The summed E-state index contributed by atoms with van der Waals surface area (Å²) in [7, 11) is 0. The van der Waals surface area contributed by atoms with E-state index in [-0.39, 0.29) is 0 Å². The van der Waals surface area contributed by atoms with E-state index in [1.54, 1.807) is 12.1 Å². The molecule has 0 saturated carbocycles. The van der Waals surface area contributed by atoms with Gasteiger partial charge in [0.1, 0.15) is 5.69 Å². The first-order chi connectivity index (χ1) is 4.34. The maximum Gasteiger partial charge on any atom is 0.121 e. The van der Waals surface area contributed by atoms with Crippen LogP contribution < -0.4 is 0 Å². The van der Waals surface area contributed by atoms with Crippen molar-refractivity contribution in [3.63, 3.8) is 0 Å². The van der Waals surface area contributed by atoms with Crippen molar-refractivity contribution >= 4 is 28.3 Å². The Labute approximate surface area is 66.4 Å². The Balaban J connectivity index is 3.15. The second-order valence-corrected chi connectivity index (χ2v) is 2.70. The molecule has 0 aliphatic heterocycles. The molecule has 1 aromatic carbocycles. The monoisotopic (exact) mass is 233 g/mol. The second kappa shape index (κ2) is 2.91. The molecule has 0 amide bonds. The Morgan fingerprint density at radius 3 is 2.44 bits per heavy atom. The second-order valence-electron chi connectivity index (χ2n) is 1.54. The van der Waals surface area contributed by atoms with Gasteiger partial charge < -0.3 is 0 Å². The van der Waals surface area contributed by atoms with Crippen LogP contribution in [-0.2, 0) is 0 Å². The number of benzene rings is 1. The molecule has 0 unspecified atom stereocenters. The van der Waals surface area contributed by atoms with Gasteiger partial charge in [-0.05, 0) is 39.9 Å². The lowest BCUT2D eigenvalue weighted by Crippen LogP contribution is -1.67. The molecule has 0 saturated heterocycles. The van der Waals surface area contributed by atoms with E-state index >= 15 is 0 Å². The van der Waals surface area contributed by atoms with Gasteiger partial charge in [-0.1, -0.05) is 12.1 Å². The van der Waals surface area contributed by atoms with E-state index in [4.69, 9.17) is 0 Å². The van der Waals surface area contributed by atoms with Crippen molar-refractivity contribution in [3.05, 3.63) is 32.7 Å². The Bertz CT molecular complexity index is 224. The summed E-state index contributed by atoms with van der Waals surface area (Å²) < 4.78 is 0.894. The van der Waals surface area contributed by atoms with Crippen LogP contribution in [0.1, 0.15) is 0 Å². The van der Waals surface area contributed by atoms with Gasteiger partial charge in [-0.3, -0.25) is 0 Å². The van der Waals surface area contributed by atoms with Crippen molar-refractivity contribution in [2.75, 3.05) is 0 Å². The van der Waals surface area contributed by atoms with Crippen LogP contribution in [-0.4, -0.2) is 0 Å². The zero-order valence-corrected chi connectivity index (χ0v) is 6.70. The summed E-state index contributed by atoms with van der Waals surface area (Å²) in [4.78, 5) is 9.97. The van der Waals surface area contributed by atoms with Gasteiger partial charge in [0.25, 0.3) is 0 Å². The molecule has 2 nitrogen and oxygen atoms in total. The smallest absolute Gasteiger partial charge is 0.121 e. The number of halogens is 1. The molecule has 0 aromatic heterocycles. The lowest BCUT2D eigenvalue weighted by atomic mass is 10.3. The highest BCUT2D eigenvalue weighted by Crippen LogP contribution is 2.18. The molecule has 0 heterocycles. The van der Waals surface area contributed by atoms with Crippen LogP contribution in [0.4, 0.5) is 5.69 Å². The first-order valence-corrected chi connectivity index (χ1v) is 3.50. The predicted octanol–water partition coefficient (Wildman–Crippen LogP) is 2.69. The molecule has 0 radical (unpaired) electrons. The van der Waals surface area contributed by atoms with E-state index in [9.17, 15) is 4.91 Å². The van der Waals surface area contributed by atoms with Gasteiger partial charge in [-0.25, -0.2) is 0 Å². The van der Waals surface area contributed by atoms with Gasteiger partial charge in [0, 0.05) is 3.57 Å². The lowest BCUT2D eigenvalue weighted by molar-refractivity contribution is 1.47. The average Bonchev–Trinajstić information content (AvgIpc) is 1.89. The van der Waals surface area contributed by atoms with Gasteiger partial charge in [-0.15, -0.1) is 4.91 Å². The standard InChI is InChI=1S/C6H4INO/c7-5-3-1-2-4-6(5)8-9/h1-4H. The van der Waals surface area contributed by atoms with Gasteiger partial charge in [0.15, 0.2) is 0 Å². The maximum atomic E-state index is 9.97. The minimum atomic E-state index is 0.512. The molecule has 1 aromatic rings. The van der Waals surface area contributed by atoms with Crippen LogP contribution in [0.25, 0.3) is 0 Å². The number of hydrogen-bond acceptors (Lipinski definition) is 2. The van der Waals surface area contributed by atoms with Crippen LogP contribution >= 0.6 is 22.6 Å². The van der Waals surface area contributed by atoms with Crippen molar-refractivity contribution in [1.29, 1.82) is 0 Å². The van der Waals surface area contributed by atoms with Crippen LogP contribution in [0.3, 0.4) is 0 Å². The average molecular weight is 233 g/mol. The van der Waals surface area contributed by atoms with Crippen LogP contribution in [0.2, 0.25) is 0 Å². The molecule has 0 bridgehead atoms. The quantitative estimate of drug-likeness (QED) is 0.541. The van der Waals surface area contributed by atoms with E-state index < -0.39 is 0 Å². The Morgan fingerprint density at radius 1 is 1.33 bits per heavy atom. The molecule has 1 rings (SSSR count). The number of rotatable bonds is 1. The van der Waals surface area contributed by atoms with E-state index in [1.807, 2.05) is 12.1 Å². The summed E-state index contributed by atoms with van der Waals surface area (Å²) in [5.74, 6) is 0. The topological polar surface area (TPSA) is 29.4 Å². The van der Waals surface area contributed by atoms with E-state index in [0.717, 1.165) is 3.57 Å². The minimum Gasteiger partial charge on any atom is -0.145 e. The maximum absolute atomic E-state index is 9.97. The molecule has 46 valence electrons. The zero-order chi connectivity index (χ0) is 6.69. The van der Waals surface area contributed by atoms with Crippen molar-refractivity contribution in [1.82, 2.24) is 0 Å². The fraction of sp³-hybridized carbons (Fsp3) is 0. The summed E-state index contributed by atoms with van der Waals surface area (Å²) in [5.41, 5.74) is 0.512. The summed E-state index contributed by atoms with van der Waals surface area (Å²) in [5, 5.41) is 2.81. The Kier molecular flexibility index (Phi) is 2.16. The van der Waals surface area contributed by atoms with E-state index in [0.29, 0.717) is 5.69 Å². The molecule has 0 aliphatic carbocycles. The minimum absolute atomic E-state index is 0.512. The van der Waals surface area contributed by atoms with Crippen LogP contribution in [0.15, 0.2) is 29.4 Å². The highest BCUT2D eigenvalue weighted by Gasteiger charge is 1.93. The Hall–Kier alpha value is -0.450. The molecule has 0 fully saturated rings. The molecule has 0 aliphatic rings. The number of nitrogens with zero attached hydrogens (tertiary/aromatic N) is 1. The van der Waals surface area contributed by atoms with Crippen molar-refractivity contribution in [2.24, 2.45) is 5.18 Å². The molecule has 0 spiro atoms. The molecule has 0 N–H and O–H groups in total. The third-order valence-corrected chi connectivity index (χ3v) is 1.86. The molecular weight excluding hydrogens is 229 g/mol. The fourth-order valence-corrected chi connectivity index (χ4v) is 1.01. The first-order valence-electron chi connectivity index (χ1n) is 2.42. The fourth-order valence-electron chi connectivity index (χ4n) is 0.526. The third kappa shape index (κ3) is 1.48. The summed E-state index contributed by atoms with van der Waals surface area (Å²) in [6.07, 6.45) is 0. The van der Waals surface area contributed by atoms with E-state index in [2.05, 4.69) is 27.8 Å². The predicted molar refractivity (Wildman–Crippen MR) is 44.6 cm³/mol. The SMILES string of the molecule is O=Nc1ccccc1I. The largest absolute Gasteiger partial charge is 0.145 e. The molecule has 0 atom stereocenters. The van der Waals surface area contributed by atoms with Crippen molar-refractivity contribution in [2.45, 2.75) is 0 Å². The highest BCUT2D eigenvalue weighted by molar-refractivity contribution is 14.1.